The summed E-state index contributed by atoms with van der Waals surface area (Å²) in [7, 11) is 1.70. The Hall–Kier alpha value is -1.05. The van der Waals surface area contributed by atoms with Crippen LogP contribution < -0.4 is 0 Å². The Morgan fingerprint density at radius 1 is 1.50 bits per heavy atom. The molecule has 0 N–H and O–H groups in total. The third kappa shape index (κ3) is 1.35. The van der Waals surface area contributed by atoms with Crippen molar-refractivity contribution in [2.75, 3.05) is 7.11 Å². The molecule has 0 aromatic carbocycles. The van der Waals surface area contributed by atoms with Crippen LogP contribution in [0.4, 0.5) is 0 Å². The van der Waals surface area contributed by atoms with Gasteiger partial charge in [-0.15, -0.1) is 0 Å². The fraction of sp³-hybridized carbons (Fsp3) is 0.643. The number of Topliss-reactive ketones (excluding diaryl/α,β-unsaturated/α-hetero) is 1. The second kappa shape index (κ2) is 3.76. The number of carbonyl (C=O) groups is 1. The molecule has 0 unspecified atom stereocenters. The molecule has 1 fully saturated rings. The highest BCUT2D eigenvalue weighted by Gasteiger charge is 2.47. The molecular formula is C14H20O2. The van der Waals surface area contributed by atoms with Gasteiger partial charge in [-0.2, -0.15) is 0 Å². The van der Waals surface area contributed by atoms with Crippen LogP contribution in [0.5, 0.6) is 0 Å². The van der Waals surface area contributed by atoms with Gasteiger partial charge in [-0.1, -0.05) is 6.92 Å². The fourth-order valence-electron chi connectivity index (χ4n) is 3.11. The van der Waals surface area contributed by atoms with Gasteiger partial charge < -0.3 is 4.74 Å². The molecule has 2 aliphatic rings. The number of ketones is 1. The number of rotatable bonds is 1. The molecule has 0 aliphatic heterocycles. The van der Waals surface area contributed by atoms with Crippen molar-refractivity contribution >= 4 is 5.78 Å². The van der Waals surface area contributed by atoms with Gasteiger partial charge in [0.25, 0.3) is 0 Å². The lowest BCUT2D eigenvalue weighted by molar-refractivity contribution is -0.125. The summed E-state index contributed by atoms with van der Waals surface area (Å²) in [5, 5.41) is 0. The standard InChI is InChI=1S/C14H20O2/c1-9-8-12(16-4)11-7-5-6-10(2)14(11,3)13(9)15/h8,10H,5-7H2,1-4H3/t10-,14+/m1/s1. The van der Waals surface area contributed by atoms with E-state index in [4.69, 9.17) is 4.74 Å². The summed E-state index contributed by atoms with van der Waals surface area (Å²) < 4.78 is 5.44. The van der Waals surface area contributed by atoms with E-state index in [1.165, 1.54) is 12.0 Å². The maximum Gasteiger partial charge on any atom is 0.169 e. The largest absolute Gasteiger partial charge is 0.497 e. The third-order valence-corrected chi connectivity index (χ3v) is 4.37. The molecule has 0 spiro atoms. The first-order chi connectivity index (χ1) is 7.51. The highest BCUT2D eigenvalue weighted by atomic mass is 16.5. The van der Waals surface area contributed by atoms with E-state index in [2.05, 4.69) is 13.8 Å². The zero-order chi connectivity index (χ0) is 11.9. The van der Waals surface area contributed by atoms with Crippen molar-refractivity contribution in [1.29, 1.82) is 0 Å². The van der Waals surface area contributed by atoms with E-state index < -0.39 is 0 Å². The molecule has 88 valence electrons. The molecule has 2 heteroatoms. The maximum atomic E-state index is 12.4. The number of hydrogen-bond acceptors (Lipinski definition) is 2. The molecule has 0 radical (unpaired) electrons. The Kier molecular flexibility index (Phi) is 2.69. The Morgan fingerprint density at radius 2 is 2.19 bits per heavy atom. The topological polar surface area (TPSA) is 26.3 Å². The molecule has 2 aliphatic carbocycles. The molecule has 2 nitrogen and oxygen atoms in total. The van der Waals surface area contributed by atoms with Crippen LogP contribution in [0.1, 0.15) is 40.0 Å². The fourth-order valence-corrected chi connectivity index (χ4v) is 3.11. The van der Waals surface area contributed by atoms with Gasteiger partial charge in [0.2, 0.25) is 0 Å². The van der Waals surface area contributed by atoms with Crippen LogP contribution in [0.2, 0.25) is 0 Å². The monoisotopic (exact) mass is 220 g/mol. The summed E-state index contributed by atoms with van der Waals surface area (Å²) >= 11 is 0. The van der Waals surface area contributed by atoms with Gasteiger partial charge in [-0.3, -0.25) is 4.79 Å². The normalized spacial score (nSPS) is 34.6. The maximum absolute atomic E-state index is 12.4. The number of hydrogen-bond donors (Lipinski definition) is 0. The zero-order valence-electron chi connectivity index (χ0n) is 10.6. The van der Waals surface area contributed by atoms with Crippen LogP contribution in [-0.4, -0.2) is 12.9 Å². The van der Waals surface area contributed by atoms with Gasteiger partial charge in [0.05, 0.1) is 12.5 Å². The lowest BCUT2D eigenvalue weighted by Gasteiger charge is -2.43. The summed E-state index contributed by atoms with van der Waals surface area (Å²) in [4.78, 5) is 12.4. The van der Waals surface area contributed by atoms with Gasteiger partial charge in [0, 0.05) is 0 Å². The number of fused-ring (bicyclic) bond motifs is 1. The van der Waals surface area contributed by atoms with Crippen LogP contribution in [0, 0.1) is 11.3 Å². The summed E-state index contributed by atoms with van der Waals surface area (Å²) in [6.45, 7) is 6.16. The molecular weight excluding hydrogens is 200 g/mol. The highest BCUT2D eigenvalue weighted by Crippen LogP contribution is 2.50. The third-order valence-electron chi connectivity index (χ3n) is 4.37. The van der Waals surface area contributed by atoms with Crippen LogP contribution in [0.15, 0.2) is 23.0 Å². The van der Waals surface area contributed by atoms with Crippen molar-refractivity contribution in [3.05, 3.63) is 23.0 Å². The van der Waals surface area contributed by atoms with Crippen LogP contribution in [0.3, 0.4) is 0 Å². The SMILES string of the molecule is COC1=C2CCC[C@@H](C)[C@]2(C)C(=O)C(C)=C1. The molecule has 16 heavy (non-hydrogen) atoms. The Labute approximate surface area is 97.4 Å². The number of methoxy groups -OCH3 is 1. The minimum atomic E-state index is -0.317. The summed E-state index contributed by atoms with van der Waals surface area (Å²) in [6.07, 6.45) is 5.20. The molecule has 0 saturated heterocycles. The van der Waals surface area contributed by atoms with Crippen LogP contribution in [0.25, 0.3) is 0 Å². The molecule has 2 rings (SSSR count). The Morgan fingerprint density at radius 3 is 2.81 bits per heavy atom. The number of allylic oxidation sites excluding steroid dienone is 3. The van der Waals surface area contributed by atoms with Crippen molar-refractivity contribution in [2.45, 2.75) is 40.0 Å². The van der Waals surface area contributed by atoms with Gasteiger partial charge in [-0.25, -0.2) is 0 Å². The molecule has 0 amide bonds. The quantitative estimate of drug-likeness (QED) is 0.678. The van der Waals surface area contributed by atoms with Crippen molar-refractivity contribution in [3.8, 4) is 0 Å². The van der Waals surface area contributed by atoms with E-state index in [-0.39, 0.29) is 11.2 Å². The van der Waals surface area contributed by atoms with Crippen molar-refractivity contribution in [1.82, 2.24) is 0 Å². The second-order valence-corrected chi connectivity index (χ2v) is 5.20. The van der Waals surface area contributed by atoms with Crippen LogP contribution in [-0.2, 0) is 9.53 Å². The number of ether oxygens (including phenoxy) is 1. The highest BCUT2D eigenvalue weighted by molar-refractivity contribution is 6.03. The summed E-state index contributed by atoms with van der Waals surface area (Å²) in [5.41, 5.74) is 1.73. The summed E-state index contributed by atoms with van der Waals surface area (Å²) in [5.74, 6) is 1.62. The lowest BCUT2D eigenvalue weighted by Crippen LogP contribution is -2.42. The summed E-state index contributed by atoms with van der Waals surface area (Å²) in [6, 6.07) is 0. The molecule has 0 bridgehead atoms. The second-order valence-electron chi connectivity index (χ2n) is 5.20. The molecule has 0 aromatic rings. The van der Waals surface area contributed by atoms with Gasteiger partial charge in [0.15, 0.2) is 5.78 Å². The first-order valence-corrected chi connectivity index (χ1v) is 6.02. The molecule has 1 saturated carbocycles. The minimum Gasteiger partial charge on any atom is -0.497 e. The van der Waals surface area contributed by atoms with Crippen molar-refractivity contribution < 1.29 is 9.53 Å². The van der Waals surface area contributed by atoms with Crippen LogP contribution >= 0.6 is 0 Å². The van der Waals surface area contributed by atoms with Crippen molar-refractivity contribution in [2.24, 2.45) is 11.3 Å². The van der Waals surface area contributed by atoms with Crippen molar-refractivity contribution in [3.63, 3.8) is 0 Å². The van der Waals surface area contributed by atoms with Gasteiger partial charge in [-0.05, 0) is 56.3 Å². The molecule has 0 heterocycles. The first kappa shape index (κ1) is 11.4. The first-order valence-electron chi connectivity index (χ1n) is 6.02. The van der Waals surface area contributed by atoms with E-state index in [0.29, 0.717) is 5.92 Å². The van der Waals surface area contributed by atoms with E-state index in [1.54, 1.807) is 7.11 Å². The predicted molar refractivity (Wildman–Crippen MR) is 63.9 cm³/mol. The molecule has 2 atom stereocenters. The number of carbonyl (C=O) groups excluding carboxylic acids is 1. The average Bonchev–Trinajstić information content (AvgIpc) is 2.27. The van der Waals surface area contributed by atoms with E-state index in [9.17, 15) is 4.79 Å². The lowest BCUT2D eigenvalue weighted by atomic mass is 9.59. The average molecular weight is 220 g/mol. The Bertz CT molecular complexity index is 390. The van der Waals surface area contributed by atoms with E-state index in [0.717, 1.165) is 24.2 Å². The smallest absolute Gasteiger partial charge is 0.169 e. The Balaban J connectivity index is 2.58. The predicted octanol–water partition coefficient (Wildman–Crippen LogP) is 3.24. The van der Waals surface area contributed by atoms with Gasteiger partial charge >= 0.3 is 0 Å². The van der Waals surface area contributed by atoms with E-state index >= 15 is 0 Å². The molecule has 0 aromatic heterocycles. The van der Waals surface area contributed by atoms with Gasteiger partial charge in [0.1, 0.15) is 5.76 Å². The van der Waals surface area contributed by atoms with E-state index in [1.807, 2.05) is 13.0 Å². The zero-order valence-corrected chi connectivity index (χ0v) is 10.6. The minimum absolute atomic E-state index is 0.288.